The van der Waals surface area contributed by atoms with Gasteiger partial charge in [0.2, 0.25) is 11.8 Å². The van der Waals surface area contributed by atoms with Crippen molar-refractivity contribution < 1.29 is 9.59 Å². The van der Waals surface area contributed by atoms with Crippen LogP contribution < -0.4 is 10.6 Å². The van der Waals surface area contributed by atoms with E-state index in [-0.39, 0.29) is 18.2 Å². The second-order valence-electron chi connectivity index (χ2n) is 7.00. The van der Waals surface area contributed by atoms with Crippen LogP contribution in [-0.4, -0.2) is 45.8 Å². The molecule has 0 spiro atoms. The molecule has 2 amide bonds. The molecule has 1 atom stereocenters. The smallest absolute Gasteiger partial charge is 0.237 e. The summed E-state index contributed by atoms with van der Waals surface area (Å²) in [5, 5.41) is 5.80. The van der Waals surface area contributed by atoms with E-state index < -0.39 is 6.04 Å². The highest BCUT2D eigenvalue weighted by atomic mass is 16.2. The number of aromatic amines is 1. The van der Waals surface area contributed by atoms with E-state index >= 15 is 0 Å². The molecule has 0 aliphatic carbocycles. The van der Waals surface area contributed by atoms with Gasteiger partial charge in [-0.3, -0.25) is 14.5 Å². The van der Waals surface area contributed by atoms with Gasteiger partial charge < -0.3 is 15.6 Å². The van der Waals surface area contributed by atoms with Crippen LogP contribution in [0.5, 0.6) is 0 Å². The highest BCUT2D eigenvalue weighted by Crippen LogP contribution is 2.15. The maximum absolute atomic E-state index is 12.5. The molecule has 1 unspecified atom stereocenters. The Kier molecular flexibility index (Phi) is 5.34. The Hall–Kier alpha value is -3.19. The van der Waals surface area contributed by atoms with Gasteiger partial charge in [-0.15, -0.1) is 0 Å². The zero-order chi connectivity index (χ0) is 19.3. The van der Waals surface area contributed by atoms with Crippen molar-refractivity contribution in [3.05, 3.63) is 66.0 Å². The monoisotopic (exact) mass is 377 g/mol. The molecule has 2 heterocycles. The van der Waals surface area contributed by atoms with E-state index in [1.54, 1.807) is 6.33 Å². The van der Waals surface area contributed by atoms with Crippen molar-refractivity contribution in [3.63, 3.8) is 0 Å². The summed E-state index contributed by atoms with van der Waals surface area (Å²) >= 11 is 0. The number of carbonyl (C=O) groups excluding carboxylic acids is 2. The number of fused-ring (bicyclic) bond motifs is 1. The van der Waals surface area contributed by atoms with Gasteiger partial charge in [0.05, 0.1) is 29.8 Å². The van der Waals surface area contributed by atoms with Gasteiger partial charge >= 0.3 is 0 Å². The van der Waals surface area contributed by atoms with Crippen LogP contribution in [0.1, 0.15) is 17.5 Å². The largest absolute Gasteiger partial charge is 0.353 e. The lowest BCUT2D eigenvalue weighted by atomic mass is 10.1. The lowest BCUT2D eigenvalue weighted by Gasteiger charge is -2.34. The van der Waals surface area contributed by atoms with Gasteiger partial charge in [0.1, 0.15) is 0 Å². The second kappa shape index (κ2) is 8.22. The number of piperazine rings is 1. The Morgan fingerprint density at radius 1 is 1.18 bits per heavy atom. The third-order valence-electron chi connectivity index (χ3n) is 5.02. The maximum atomic E-state index is 12.5. The summed E-state index contributed by atoms with van der Waals surface area (Å²) in [7, 11) is 0. The fourth-order valence-corrected chi connectivity index (χ4v) is 3.53. The van der Waals surface area contributed by atoms with Crippen molar-refractivity contribution in [1.29, 1.82) is 0 Å². The van der Waals surface area contributed by atoms with Gasteiger partial charge in [-0.1, -0.05) is 36.4 Å². The molecule has 3 aromatic rings. The number of benzene rings is 2. The number of aromatic nitrogens is 2. The van der Waals surface area contributed by atoms with Gasteiger partial charge in [-0.05, 0) is 23.3 Å². The second-order valence-corrected chi connectivity index (χ2v) is 7.00. The molecule has 2 aromatic carbocycles. The molecule has 28 heavy (non-hydrogen) atoms. The number of rotatable bonds is 6. The number of nitrogens with one attached hydrogen (secondary N) is 3. The van der Waals surface area contributed by atoms with Crippen LogP contribution in [0.25, 0.3) is 11.0 Å². The maximum Gasteiger partial charge on any atom is 0.237 e. The number of hydrogen-bond donors (Lipinski definition) is 3. The summed E-state index contributed by atoms with van der Waals surface area (Å²) in [4.78, 5) is 34.2. The predicted octanol–water partition coefficient (Wildman–Crippen LogP) is 1.57. The van der Waals surface area contributed by atoms with Crippen LogP contribution in [0.4, 0.5) is 0 Å². The number of hydrogen-bond acceptors (Lipinski definition) is 4. The number of nitrogens with zero attached hydrogens (tertiary/aromatic N) is 2. The van der Waals surface area contributed by atoms with Gasteiger partial charge in [0.15, 0.2) is 0 Å². The highest BCUT2D eigenvalue weighted by molar-refractivity contribution is 5.88. The van der Waals surface area contributed by atoms with Crippen molar-refractivity contribution >= 4 is 22.8 Å². The molecular weight excluding hydrogens is 354 g/mol. The molecule has 144 valence electrons. The van der Waals surface area contributed by atoms with Gasteiger partial charge in [-0.25, -0.2) is 4.98 Å². The standard InChI is InChI=1S/C21H23N5O2/c27-20(23-12-16-6-7-17-18(10-16)25-14-24-17)11-19-21(28)22-8-9-26(19)13-15-4-2-1-3-5-15/h1-7,10,14,19H,8-9,11-13H2,(H,22,28)(H,23,27)(H,24,25). The SMILES string of the molecule is O=C(CC1C(=O)NCCN1Cc1ccccc1)NCc1ccc2nc[nH]c2c1. The summed E-state index contributed by atoms with van der Waals surface area (Å²) in [6.07, 6.45) is 1.79. The van der Waals surface area contributed by atoms with Crippen molar-refractivity contribution in [2.24, 2.45) is 0 Å². The molecule has 7 heteroatoms. The molecule has 1 aliphatic heterocycles. The first kappa shape index (κ1) is 18.2. The average Bonchev–Trinajstić information content (AvgIpc) is 3.18. The van der Waals surface area contributed by atoms with Crippen molar-refractivity contribution in [2.75, 3.05) is 13.1 Å². The average molecular weight is 377 g/mol. The minimum atomic E-state index is -0.455. The third kappa shape index (κ3) is 4.20. The molecule has 4 rings (SSSR count). The van der Waals surface area contributed by atoms with Crippen LogP contribution in [-0.2, 0) is 22.7 Å². The Morgan fingerprint density at radius 2 is 2.04 bits per heavy atom. The predicted molar refractivity (Wildman–Crippen MR) is 106 cm³/mol. The van der Waals surface area contributed by atoms with Crippen LogP contribution in [0.15, 0.2) is 54.9 Å². The van der Waals surface area contributed by atoms with E-state index in [0.29, 0.717) is 19.6 Å². The van der Waals surface area contributed by atoms with Crippen LogP contribution in [0.2, 0.25) is 0 Å². The molecule has 0 radical (unpaired) electrons. The third-order valence-corrected chi connectivity index (χ3v) is 5.02. The summed E-state index contributed by atoms with van der Waals surface area (Å²) < 4.78 is 0. The normalized spacial score (nSPS) is 17.4. The lowest BCUT2D eigenvalue weighted by Crippen LogP contribution is -2.56. The number of imidazole rings is 1. The molecule has 7 nitrogen and oxygen atoms in total. The first-order valence-electron chi connectivity index (χ1n) is 9.43. The van der Waals surface area contributed by atoms with Crippen LogP contribution >= 0.6 is 0 Å². The molecule has 3 N–H and O–H groups in total. The summed E-state index contributed by atoms with van der Waals surface area (Å²) in [5.74, 6) is -0.221. The molecule has 0 bridgehead atoms. The molecular formula is C21H23N5O2. The van der Waals surface area contributed by atoms with Crippen molar-refractivity contribution in [3.8, 4) is 0 Å². The first-order chi connectivity index (χ1) is 13.7. The fraction of sp³-hybridized carbons (Fsp3) is 0.286. The van der Waals surface area contributed by atoms with Crippen molar-refractivity contribution in [2.45, 2.75) is 25.6 Å². The van der Waals surface area contributed by atoms with E-state index in [2.05, 4.69) is 25.5 Å². The number of amides is 2. The van der Waals surface area contributed by atoms with Crippen LogP contribution in [0.3, 0.4) is 0 Å². The minimum absolute atomic E-state index is 0.0868. The Bertz CT molecular complexity index is 969. The van der Waals surface area contributed by atoms with Crippen LogP contribution in [0, 0.1) is 0 Å². The quantitative estimate of drug-likeness (QED) is 0.608. The van der Waals surface area contributed by atoms with E-state index in [1.807, 2.05) is 48.5 Å². The Labute approximate surface area is 163 Å². The van der Waals surface area contributed by atoms with E-state index in [1.165, 1.54) is 0 Å². The lowest BCUT2D eigenvalue weighted by molar-refractivity contribution is -0.134. The minimum Gasteiger partial charge on any atom is -0.353 e. The molecule has 0 saturated carbocycles. The zero-order valence-corrected chi connectivity index (χ0v) is 15.5. The zero-order valence-electron chi connectivity index (χ0n) is 15.5. The van der Waals surface area contributed by atoms with Gasteiger partial charge in [0.25, 0.3) is 0 Å². The van der Waals surface area contributed by atoms with E-state index in [4.69, 9.17) is 0 Å². The number of H-pyrrole nitrogens is 1. The first-order valence-corrected chi connectivity index (χ1v) is 9.43. The Morgan fingerprint density at radius 3 is 2.89 bits per heavy atom. The topological polar surface area (TPSA) is 90.1 Å². The number of carbonyl (C=O) groups is 2. The molecule has 1 fully saturated rings. The fourth-order valence-electron chi connectivity index (χ4n) is 3.53. The summed E-state index contributed by atoms with van der Waals surface area (Å²) in [6.45, 7) is 2.41. The van der Waals surface area contributed by atoms with Crippen molar-refractivity contribution in [1.82, 2.24) is 25.5 Å². The van der Waals surface area contributed by atoms with Gasteiger partial charge in [0, 0.05) is 26.2 Å². The van der Waals surface area contributed by atoms with Gasteiger partial charge in [-0.2, -0.15) is 0 Å². The summed E-state index contributed by atoms with van der Waals surface area (Å²) in [6, 6.07) is 15.4. The molecule has 1 aliphatic rings. The molecule has 1 saturated heterocycles. The Balaban J connectivity index is 1.37. The summed E-state index contributed by atoms with van der Waals surface area (Å²) in [5.41, 5.74) is 3.95. The van der Waals surface area contributed by atoms with E-state index in [9.17, 15) is 9.59 Å². The molecule has 1 aromatic heterocycles. The highest BCUT2D eigenvalue weighted by Gasteiger charge is 2.31. The van der Waals surface area contributed by atoms with E-state index in [0.717, 1.165) is 28.7 Å².